The predicted molar refractivity (Wildman–Crippen MR) is 42.8 cm³/mol. The molecule has 0 spiro atoms. The summed E-state index contributed by atoms with van der Waals surface area (Å²) in [5.41, 5.74) is 5.35. The molecule has 2 N–H and O–H groups in total. The van der Waals surface area contributed by atoms with Crippen molar-refractivity contribution in [2.45, 2.75) is 26.2 Å². The van der Waals surface area contributed by atoms with Gasteiger partial charge in [-0.3, -0.25) is 0 Å². The van der Waals surface area contributed by atoms with Crippen molar-refractivity contribution in [2.75, 3.05) is 6.54 Å². The molecule has 0 unspecified atom stereocenters. The van der Waals surface area contributed by atoms with Crippen molar-refractivity contribution >= 4 is 12.4 Å². The van der Waals surface area contributed by atoms with Crippen molar-refractivity contribution in [3.63, 3.8) is 0 Å². The Labute approximate surface area is 63.4 Å². The highest BCUT2D eigenvalue weighted by atomic mass is 35.5. The Kier molecular flexibility index (Phi) is 4.24. The van der Waals surface area contributed by atoms with Crippen molar-refractivity contribution in [3.8, 4) is 0 Å². The van der Waals surface area contributed by atoms with Crippen LogP contribution in [-0.2, 0) is 0 Å². The monoisotopic (exact) mass is 149 g/mol. The van der Waals surface area contributed by atoms with Gasteiger partial charge in [0.25, 0.3) is 0 Å². The number of rotatable bonds is 3. The summed E-state index contributed by atoms with van der Waals surface area (Å²) >= 11 is 0. The van der Waals surface area contributed by atoms with Gasteiger partial charge < -0.3 is 5.73 Å². The molecule has 0 aromatic rings. The molecular weight excluding hydrogens is 134 g/mol. The Morgan fingerprint density at radius 2 is 2.11 bits per heavy atom. The molecule has 1 saturated carbocycles. The van der Waals surface area contributed by atoms with Gasteiger partial charge in [-0.15, -0.1) is 12.4 Å². The molecule has 2 atom stereocenters. The van der Waals surface area contributed by atoms with Crippen LogP contribution in [0.4, 0.5) is 0 Å². The quantitative estimate of drug-likeness (QED) is 0.651. The lowest BCUT2D eigenvalue weighted by molar-refractivity contribution is 0.636. The molecule has 1 aliphatic rings. The van der Waals surface area contributed by atoms with Gasteiger partial charge >= 0.3 is 0 Å². The second-order valence-corrected chi connectivity index (χ2v) is 2.90. The summed E-state index contributed by atoms with van der Waals surface area (Å²) in [6.45, 7) is 3.20. The number of hydrogen-bond donors (Lipinski definition) is 1. The van der Waals surface area contributed by atoms with E-state index < -0.39 is 0 Å². The van der Waals surface area contributed by atoms with Gasteiger partial charge in [0.2, 0.25) is 0 Å². The normalized spacial score (nSPS) is 31.3. The second-order valence-electron chi connectivity index (χ2n) is 2.90. The molecule has 0 bridgehead atoms. The number of hydrogen-bond acceptors (Lipinski definition) is 1. The largest absolute Gasteiger partial charge is 0.330 e. The fraction of sp³-hybridized carbons (Fsp3) is 1.00. The number of nitrogens with two attached hydrogens (primary N) is 1. The highest BCUT2D eigenvalue weighted by Gasteiger charge is 2.30. The summed E-state index contributed by atoms with van der Waals surface area (Å²) in [6.07, 6.45) is 4.06. The summed E-state index contributed by atoms with van der Waals surface area (Å²) in [4.78, 5) is 0. The molecule has 0 radical (unpaired) electrons. The lowest BCUT2D eigenvalue weighted by atomic mass is 10.2. The maximum Gasteiger partial charge on any atom is -0.00772 e. The van der Waals surface area contributed by atoms with Crippen LogP contribution in [0.25, 0.3) is 0 Å². The first-order valence-corrected chi connectivity index (χ1v) is 3.54. The molecule has 1 aliphatic carbocycles. The van der Waals surface area contributed by atoms with Gasteiger partial charge in [-0.2, -0.15) is 0 Å². The summed E-state index contributed by atoms with van der Waals surface area (Å²) in [5.74, 6) is 2.06. The van der Waals surface area contributed by atoms with Crippen LogP contribution in [0.1, 0.15) is 26.2 Å². The zero-order valence-corrected chi connectivity index (χ0v) is 6.79. The Balaban J connectivity index is 0.000000640. The van der Waals surface area contributed by atoms with Crippen molar-refractivity contribution in [1.29, 1.82) is 0 Å². The predicted octanol–water partition coefficient (Wildman–Crippen LogP) is 1.80. The van der Waals surface area contributed by atoms with E-state index in [4.69, 9.17) is 5.73 Å². The van der Waals surface area contributed by atoms with Crippen molar-refractivity contribution < 1.29 is 0 Å². The molecule has 1 rings (SSSR count). The summed E-state index contributed by atoms with van der Waals surface area (Å²) < 4.78 is 0. The van der Waals surface area contributed by atoms with Crippen LogP contribution >= 0.6 is 12.4 Å². The van der Waals surface area contributed by atoms with Crippen molar-refractivity contribution in [1.82, 2.24) is 0 Å². The van der Waals surface area contributed by atoms with E-state index in [1.807, 2.05) is 0 Å². The third-order valence-electron chi connectivity index (χ3n) is 2.06. The van der Waals surface area contributed by atoms with Crippen molar-refractivity contribution in [2.24, 2.45) is 17.6 Å². The van der Waals surface area contributed by atoms with E-state index in [-0.39, 0.29) is 12.4 Å². The molecular formula is C7H16ClN. The average Bonchev–Trinajstić information content (AvgIpc) is 2.42. The Hall–Kier alpha value is 0.250. The van der Waals surface area contributed by atoms with E-state index in [9.17, 15) is 0 Å². The van der Waals surface area contributed by atoms with E-state index in [0.29, 0.717) is 0 Å². The number of halogens is 1. The zero-order valence-electron chi connectivity index (χ0n) is 5.97. The molecule has 9 heavy (non-hydrogen) atoms. The van der Waals surface area contributed by atoms with Crippen LogP contribution in [0.2, 0.25) is 0 Å². The lowest BCUT2D eigenvalue weighted by Gasteiger charge is -1.91. The molecule has 0 amide bonds. The molecule has 0 aromatic heterocycles. The van der Waals surface area contributed by atoms with E-state index in [0.717, 1.165) is 18.4 Å². The van der Waals surface area contributed by atoms with Crippen LogP contribution in [0.15, 0.2) is 0 Å². The highest BCUT2D eigenvalue weighted by molar-refractivity contribution is 5.85. The summed E-state index contributed by atoms with van der Waals surface area (Å²) in [5, 5.41) is 0. The van der Waals surface area contributed by atoms with Gasteiger partial charge in [-0.05, 0) is 37.6 Å². The molecule has 0 aromatic carbocycles. The summed E-state index contributed by atoms with van der Waals surface area (Å²) in [7, 11) is 0. The second kappa shape index (κ2) is 4.13. The van der Waals surface area contributed by atoms with E-state index in [1.54, 1.807) is 0 Å². The molecule has 0 aliphatic heterocycles. The minimum atomic E-state index is 0. The minimum absolute atomic E-state index is 0. The molecule has 0 saturated heterocycles. The highest BCUT2D eigenvalue weighted by Crippen LogP contribution is 2.40. The zero-order chi connectivity index (χ0) is 5.98. The Morgan fingerprint density at radius 1 is 1.56 bits per heavy atom. The van der Waals surface area contributed by atoms with Crippen LogP contribution in [0, 0.1) is 11.8 Å². The molecule has 2 heteroatoms. The van der Waals surface area contributed by atoms with Crippen LogP contribution < -0.4 is 5.73 Å². The SMILES string of the molecule is C[C@@H]1C[C@H]1CCCN.Cl. The van der Waals surface area contributed by atoms with Crippen LogP contribution in [0.3, 0.4) is 0 Å². The average molecular weight is 150 g/mol. The van der Waals surface area contributed by atoms with Crippen LogP contribution in [-0.4, -0.2) is 6.54 Å². The first-order chi connectivity index (χ1) is 3.84. The Morgan fingerprint density at radius 3 is 2.44 bits per heavy atom. The smallest absolute Gasteiger partial charge is 0.00772 e. The summed E-state index contributed by atoms with van der Waals surface area (Å²) in [6, 6.07) is 0. The van der Waals surface area contributed by atoms with E-state index in [1.165, 1.54) is 19.3 Å². The topological polar surface area (TPSA) is 26.0 Å². The van der Waals surface area contributed by atoms with E-state index in [2.05, 4.69) is 6.92 Å². The van der Waals surface area contributed by atoms with Gasteiger partial charge in [-0.25, -0.2) is 0 Å². The maximum atomic E-state index is 5.35. The fourth-order valence-electron chi connectivity index (χ4n) is 1.18. The van der Waals surface area contributed by atoms with Crippen molar-refractivity contribution in [3.05, 3.63) is 0 Å². The Bertz CT molecular complexity index is 75.3. The van der Waals surface area contributed by atoms with Crippen LogP contribution in [0.5, 0.6) is 0 Å². The first-order valence-electron chi connectivity index (χ1n) is 3.54. The molecule has 1 fully saturated rings. The van der Waals surface area contributed by atoms with Gasteiger partial charge in [0, 0.05) is 0 Å². The van der Waals surface area contributed by atoms with E-state index >= 15 is 0 Å². The standard InChI is InChI=1S/C7H15N.ClH/c1-6-5-7(6)3-2-4-8;/h6-7H,2-5,8H2,1H3;1H/t6-,7-;/m1./s1. The van der Waals surface area contributed by atoms with Gasteiger partial charge in [0.1, 0.15) is 0 Å². The minimum Gasteiger partial charge on any atom is -0.330 e. The van der Waals surface area contributed by atoms with Gasteiger partial charge in [0.15, 0.2) is 0 Å². The third kappa shape index (κ3) is 3.07. The van der Waals surface area contributed by atoms with Gasteiger partial charge in [0.05, 0.1) is 0 Å². The lowest BCUT2D eigenvalue weighted by Crippen LogP contribution is -1.98. The first kappa shape index (κ1) is 9.25. The molecule has 56 valence electrons. The fourth-order valence-corrected chi connectivity index (χ4v) is 1.18. The third-order valence-corrected chi connectivity index (χ3v) is 2.06. The van der Waals surface area contributed by atoms with Gasteiger partial charge in [-0.1, -0.05) is 6.92 Å². The molecule has 1 nitrogen and oxygen atoms in total. The maximum absolute atomic E-state index is 5.35. The molecule has 0 heterocycles.